The largest absolute Gasteiger partial charge is 0.365 e. The summed E-state index contributed by atoms with van der Waals surface area (Å²) in [6, 6.07) is 5.04. The number of alkyl halides is 2. The maximum Gasteiger partial charge on any atom is 0.278 e. The molecule has 6 heterocycles. The van der Waals surface area contributed by atoms with E-state index < -0.39 is 39.1 Å². The average Bonchev–Trinajstić information content (AvgIpc) is 3.02. The lowest BCUT2D eigenvalue weighted by molar-refractivity contribution is -0.107. The molecule has 256 valence electrons. The van der Waals surface area contributed by atoms with Gasteiger partial charge in [0, 0.05) is 43.2 Å². The topological polar surface area (TPSA) is 100 Å². The van der Waals surface area contributed by atoms with Crippen LogP contribution in [0, 0.1) is 11.7 Å². The van der Waals surface area contributed by atoms with Crippen LogP contribution < -0.4 is 15.8 Å². The molecular formula is C34H45F3N6O3S. The lowest BCUT2D eigenvalue weighted by atomic mass is 9.79. The van der Waals surface area contributed by atoms with E-state index in [9.17, 15) is 13.2 Å². The van der Waals surface area contributed by atoms with Gasteiger partial charge in [0.1, 0.15) is 29.3 Å². The highest BCUT2D eigenvalue weighted by Gasteiger charge is 2.48. The number of piperidine rings is 1. The van der Waals surface area contributed by atoms with Crippen molar-refractivity contribution in [3.05, 3.63) is 57.9 Å². The number of sulfone groups is 1. The highest BCUT2D eigenvalue weighted by molar-refractivity contribution is 7.91. The van der Waals surface area contributed by atoms with Gasteiger partial charge in [0.25, 0.3) is 11.5 Å². The van der Waals surface area contributed by atoms with Crippen molar-refractivity contribution in [2.75, 3.05) is 41.4 Å². The Balaban J connectivity index is 1.42. The molecule has 2 aromatic heterocycles. The molecule has 1 N–H and O–H groups in total. The minimum absolute atomic E-state index is 0.0400. The number of rotatable bonds is 1. The van der Waals surface area contributed by atoms with Crippen LogP contribution in [-0.4, -0.2) is 71.1 Å². The molecule has 4 aliphatic heterocycles. The minimum Gasteiger partial charge on any atom is -0.365 e. The van der Waals surface area contributed by atoms with Crippen molar-refractivity contribution < 1.29 is 21.6 Å². The minimum atomic E-state index is -3.35. The van der Waals surface area contributed by atoms with E-state index in [0.29, 0.717) is 41.9 Å². The zero-order valence-corrected chi connectivity index (χ0v) is 28.2. The Kier molecular flexibility index (Phi) is 9.59. The molecular weight excluding hydrogens is 629 g/mol. The Morgan fingerprint density at radius 3 is 2.28 bits per heavy atom. The molecule has 3 aromatic rings. The first kappa shape index (κ1) is 33.7. The van der Waals surface area contributed by atoms with Gasteiger partial charge >= 0.3 is 0 Å². The molecule has 0 radical (unpaired) electrons. The van der Waals surface area contributed by atoms with E-state index >= 15 is 13.2 Å². The lowest BCUT2D eigenvalue weighted by Gasteiger charge is -2.45. The van der Waals surface area contributed by atoms with Crippen molar-refractivity contribution in [1.29, 1.82) is 0 Å². The fraction of sp³-hybridized carbons (Fsp3) is 0.618. The second kappa shape index (κ2) is 13.4. The zero-order chi connectivity index (χ0) is 33.5. The van der Waals surface area contributed by atoms with Crippen LogP contribution in [0.5, 0.6) is 0 Å². The number of benzene rings is 1. The van der Waals surface area contributed by atoms with Gasteiger partial charge in [-0.1, -0.05) is 37.5 Å². The number of aryl methyl sites for hydroxylation is 1. The third kappa shape index (κ3) is 6.75. The smallest absolute Gasteiger partial charge is 0.278 e. The van der Waals surface area contributed by atoms with E-state index in [-0.39, 0.29) is 47.8 Å². The zero-order valence-electron chi connectivity index (χ0n) is 27.4. The average molecular weight is 675 g/mol. The number of fused-ring (bicyclic) bond motifs is 9. The third-order valence-electron chi connectivity index (χ3n) is 10.5. The van der Waals surface area contributed by atoms with Crippen LogP contribution in [0.4, 0.5) is 24.7 Å². The van der Waals surface area contributed by atoms with E-state index in [0.717, 1.165) is 38.6 Å². The molecule has 1 aromatic carbocycles. The number of nitrogens with zero attached hydrogens (tertiary/aromatic N) is 5. The van der Waals surface area contributed by atoms with Gasteiger partial charge in [0.15, 0.2) is 9.84 Å². The van der Waals surface area contributed by atoms with E-state index in [2.05, 4.69) is 20.2 Å². The Hall–Kier alpha value is -3.19. The molecule has 0 aliphatic carbocycles. The third-order valence-corrected chi connectivity index (χ3v) is 12.1. The molecule has 8 bridgehead atoms. The molecule has 0 amide bonds. The number of nitrogens with one attached hydrogen (secondary N) is 1. The lowest BCUT2D eigenvalue weighted by Crippen LogP contribution is -2.50. The van der Waals surface area contributed by atoms with Crippen LogP contribution in [0.2, 0.25) is 0 Å². The number of hydrogen-bond acceptors (Lipinski definition) is 8. The quantitative estimate of drug-likeness (QED) is 0.342. The standard InChI is InChI=1S/C34H45F3N6O3S/c1-22-18-25-19-23(2)42(22)12-7-5-4-6-8-13-43-32-27(20-29(33(43)44)41-14-16-47(45,46)17-15-41)31(38-21-39-32)40-24(3)26-10-9-11-28(30(26)35)34(25,36)37/h9-11,20-25H,4-8,12-19H2,1-3H3,(H,38,39,40)/t22?,23?,24-,25?/m1/s1. The number of anilines is 2. The molecule has 2 saturated heterocycles. The summed E-state index contributed by atoms with van der Waals surface area (Å²) in [5.74, 6) is -5.02. The molecule has 9 nitrogen and oxygen atoms in total. The van der Waals surface area contributed by atoms with Gasteiger partial charge in [-0.3, -0.25) is 14.3 Å². The summed E-state index contributed by atoms with van der Waals surface area (Å²) in [5.41, 5.74) is 0.0219. The first-order valence-electron chi connectivity index (χ1n) is 16.9. The van der Waals surface area contributed by atoms with E-state index in [1.165, 1.54) is 24.5 Å². The molecule has 2 unspecified atom stereocenters. The first-order chi connectivity index (χ1) is 22.4. The number of aromatic nitrogens is 3. The summed E-state index contributed by atoms with van der Waals surface area (Å²) >= 11 is 0. The Bertz CT molecular complexity index is 1760. The van der Waals surface area contributed by atoms with Gasteiger partial charge in [-0.25, -0.2) is 31.6 Å². The maximum absolute atomic E-state index is 16.2. The van der Waals surface area contributed by atoms with Crippen molar-refractivity contribution in [3.8, 4) is 0 Å². The predicted molar refractivity (Wildman–Crippen MR) is 178 cm³/mol. The second-order valence-electron chi connectivity index (χ2n) is 13.7. The summed E-state index contributed by atoms with van der Waals surface area (Å²) in [7, 11) is -3.18. The van der Waals surface area contributed by atoms with Crippen molar-refractivity contribution in [1.82, 2.24) is 19.4 Å². The van der Waals surface area contributed by atoms with Crippen LogP contribution in [-0.2, 0) is 22.3 Å². The summed E-state index contributed by atoms with van der Waals surface area (Å²) in [6.45, 7) is 7.32. The fourth-order valence-electron chi connectivity index (χ4n) is 7.77. The van der Waals surface area contributed by atoms with Gasteiger partial charge in [-0.05, 0) is 59.1 Å². The van der Waals surface area contributed by atoms with Gasteiger partial charge < -0.3 is 10.2 Å². The van der Waals surface area contributed by atoms with Crippen LogP contribution in [0.25, 0.3) is 11.0 Å². The molecule has 7 rings (SSSR count). The number of hydrogen-bond donors (Lipinski definition) is 1. The molecule has 3 atom stereocenters. The molecule has 0 saturated carbocycles. The number of pyridine rings is 1. The summed E-state index contributed by atoms with van der Waals surface area (Å²) in [6.07, 6.45) is 6.49. The Morgan fingerprint density at radius 2 is 1.57 bits per heavy atom. The van der Waals surface area contributed by atoms with Crippen molar-refractivity contribution in [2.45, 2.75) is 96.3 Å². The highest BCUT2D eigenvalue weighted by Crippen LogP contribution is 2.46. The monoisotopic (exact) mass is 674 g/mol. The molecule has 4 aliphatic rings. The summed E-state index contributed by atoms with van der Waals surface area (Å²) in [4.78, 5) is 26.9. The second-order valence-corrected chi connectivity index (χ2v) is 16.0. The van der Waals surface area contributed by atoms with Gasteiger partial charge in [-0.15, -0.1) is 0 Å². The van der Waals surface area contributed by atoms with Crippen LogP contribution in [0.3, 0.4) is 0 Å². The van der Waals surface area contributed by atoms with E-state index in [1.807, 2.05) is 13.8 Å². The predicted octanol–water partition coefficient (Wildman–Crippen LogP) is 5.88. The van der Waals surface area contributed by atoms with Gasteiger partial charge in [-0.2, -0.15) is 0 Å². The van der Waals surface area contributed by atoms with Crippen molar-refractivity contribution in [2.24, 2.45) is 5.92 Å². The molecule has 13 heteroatoms. The molecule has 2 fully saturated rings. The SMILES string of the molecule is CC1CC2CC(C)N1CCCCCCCn1c(=O)c(N3CCS(=O)(=O)CC3)cc3c(ncnc31)N[C@H](C)c1cccc(c1F)C2(F)F. The van der Waals surface area contributed by atoms with Gasteiger partial charge in [0.2, 0.25) is 0 Å². The summed E-state index contributed by atoms with van der Waals surface area (Å²) in [5, 5.41) is 3.74. The van der Waals surface area contributed by atoms with E-state index in [4.69, 9.17) is 0 Å². The first-order valence-corrected chi connectivity index (χ1v) is 18.7. The maximum atomic E-state index is 16.2. The normalized spacial score (nSPS) is 28.5. The van der Waals surface area contributed by atoms with Crippen molar-refractivity contribution in [3.63, 3.8) is 0 Å². The van der Waals surface area contributed by atoms with Crippen molar-refractivity contribution >= 4 is 32.4 Å². The fourth-order valence-corrected chi connectivity index (χ4v) is 8.97. The van der Waals surface area contributed by atoms with Crippen LogP contribution >= 0.6 is 0 Å². The van der Waals surface area contributed by atoms with Crippen LogP contribution in [0.15, 0.2) is 35.4 Å². The Morgan fingerprint density at radius 1 is 0.915 bits per heavy atom. The van der Waals surface area contributed by atoms with Crippen LogP contribution in [0.1, 0.15) is 82.9 Å². The molecule has 0 spiro atoms. The Labute approximate surface area is 274 Å². The number of halogens is 3. The summed E-state index contributed by atoms with van der Waals surface area (Å²) < 4.78 is 74.5. The highest BCUT2D eigenvalue weighted by atomic mass is 32.2. The molecule has 47 heavy (non-hydrogen) atoms. The van der Waals surface area contributed by atoms with Gasteiger partial charge in [0.05, 0.1) is 28.5 Å². The van der Waals surface area contributed by atoms with E-state index in [1.54, 1.807) is 22.5 Å².